The fraction of sp³-hybridized carbons (Fsp3) is 1.00. The molecule has 2 aliphatic heterocycles. The summed E-state index contributed by atoms with van der Waals surface area (Å²) in [7, 11) is 0. The van der Waals surface area contributed by atoms with Gasteiger partial charge in [-0.05, 0) is 51.4 Å². The van der Waals surface area contributed by atoms with E-state index in [2.05, 4.69) is 0 Å². The van der Waals surface area contributed by atoms with Gasteiger partial charge in [-0.1, -0.05) is 0 Å². The van der Waals surface area contributed by atoms with E-state index in [1.165, 1.54) is 12.8 Å². The first kappa shape index (κ1) is 12.3. The standard InChI is InChI=1S/C13H24O3/c14-11(10-13-7-3-9-16-13)4-1-5-12-6-2-8-15-12/h11-14H,1-10H2. The van der Waals surface area contributed by atoms with E-state index in [9.17, 15) is 5.11 Å². The van der Waals surface area contributed by atoms with Gasteiger partial charge in [0.2, 0.25) is 0 Å². The second-order valence-corrected chi connectivity index (χ2v) is 5.09. The van der Waals surface area contributed by atoms with Crippen LogP contribution in [0.25, 0.3) is 0 Å². The highest BCUT2D eigenvalue weighted by atomic mass is 16.5. The molecule has 1 N–H and O–H groups in total. The van der Waals surface area contributed by atoms with Crippen LogP contribution in [0.3, 0.4) is 0 Å². The fourth-order valence-electron chi connectivity index (χ4n) is 2.70. The lowest BCUT2D eigenvalue weighted by molar-refractivity contribution is 0.0462. The summed E-state index contributed by atoms with van der Waals surface area (Å²) in [6.07, 6.45) is 9.24. The summed E-state index contributed by atoms with van der Waals surface area (Å²) in [5, 5.41) is 9.86. The van der Waals surface area contributed by atoms with Crippen molar-refractivity contribution >= 4 is 0 Å². The quantitative estimate of drug-likeness (QED) is 0.758. The van der Waals surface area contributed by atoms with Crippen molar-refractivity contribution in [3.63, 3.8) is 0 Å². The van der Waals surface area contributed by atoms with E-state index in [0.29, 0.717) is 12.2 Å². The second kappa shape index (κ2) is 6.58. The minimum atomic E-state index is -0.176. The number of hydrogen-bond donors (Lipinski definition) is 1. The zero-order valence-corrected chi connectivity index (χ0v) is 10.1. The normalized spacial score (nSPS) is 32.1. The predicted molar refractivity (Wildman–Crippen MR) is 62.4 cm³/mol. The molecule has 2 heterocycles. The smallest absolute Gasteiger partial charge is 0.0600 e. The maximum absolute atomic E-state index is 9.86. The monoisotopic (exact) mass is 228 g/mol. The molecule has 3 unspecified atom stereocenters. The number of aliphatic hydroxyl groups excluding tert-OH is 1. The van der Waals surface area contributed by atoms with Crippen LogP contribution >= 0.6 is 0 Å². The summed E-state index contributed by atoms with van der Waals surface area (Å²) < 4.78 is 11.1. The van der Waals surface area contributed by atoms with Crippen LogP contribution in [0.4, 0.5) is 0 Å². The molecular weight excluding hydrogens is 204 g/mol. The molecule has 2 saturated heterocycles. The molecule has 3 atom stereocenters. The number of hydrogen-bond acceptors (Lipinski definition) is 3. The van der Waals surface area contributed by atoms with Crippen molar-refractivity contribution in [2.45, 2.75) is 69.7 Å². The topological polar surface area (TPSA) is 38.7 Å². The molecule has 0 spiro atoms. The first-order chi connectivity index (χ1) is 7.84. The van der Waals surface area contributed by atoms with Crippen LogP contribution < -0.4 is 0 Å². The SMILES string of the molecule is OC(CCCC1CCCO1)CC1CCCO1. The first-order valence-electron chi connectivity index (χ1n) is 6.76. The van der Waals surface area contributed by atoms with Gasteiger partial charge in [0.05, 0.1) is 18.3 Å². The molecular formula is C13H24O3. The van der Waals surface area contributed by atoms with E-state index in [1.54, 1.807) is 0 Å². The lowest BCUT2D eigenvalue weighted by Gasteiger charge is -2.16. The Labute approximate surface area is 98.1 Å². The first-order valence-corrected chi connectivity index (χ1v) is 6.76. The van der Waals surface area contributed by atoms with E-state index < -0.39 is 0 Å². The van der Waals surface area contributed by atoms with Gasteiger partial charge in [0.15, 0.2) is 0 Å². The lowest BCUT2D eigenvalue weighted by Crippen LogP contribution is -2.17. The average molecular weight is 228 g/mol. The van der Waals surface area contributed by atoms with Crippen molar-refractivity contribution in [2.24, 2.45) is 0 Å². The molecule has 3 nitrogen and oxygen atoms in total. The van der Waals surface area contributed by atoms with Crippen molar-refractivity contribution in [3.8, 4) is 0 Å². The van der Waals surface area contributed by atoms with Gasteiger partial charge in [0, 0.05) is 13.2 Å². The highest BCUT2D eigenvalue weighted by Gasteiger charge is 2.20. The van der Waals surface area contributed by atoms with Crippen LogP contribution in [0.15, 0.2) is 0 Å². The molecule has 0 aliphatic carbocycles. The van der Waals surface area contributed by atoms with Crippen LogP contribution in [0.2, 0.25) is 0 Å². The van der Waals surface area contributed by atoms with Crippen LogP contribution in [0, 0.1) is 0 Å². The lowest BCUT2D eigenvalue weighted by atomic mass is 10.0. The molecule has 2 rings (SSSR count). The Balaban J connectivity index is 1.51. The molecule has 0 radical (unpaired) electrons. The minimum absolute atomic E-state index is 0.176. The van der Waals surface area contributed by atoms with E-state index >= 15 is 0 Å². The maximum atomic E-state index is 9.86. The maximum Gasteiger partial charge on any atom is 0.0600 e. The van der Waals surface area contributed by atoms with Gasteiger partial charge in [-0.2, -0.15) is 0 Å². The molecule has 0 aromatic carbocycles. The highest BCUT2D eigenvalue weighted by molar-refractivity contribution is 4.71. The van der Waals surface area contributed by atoms with Crippen molar-refractivity contribution in [1.82, 2.24) is 0 Å². The molecule has 0 aromatic rings. The Kier molecular flexibility index (Phi) is 5.07. The summed E-state index contributed by atoms with van der Waals surface area (Å²) in [4.78, 5) is 0. The van der Waals surface area contributed by atoms with Crippen LogP contribution in [-0.2, 0) is 9.47 Å². The largest absolute Gasteiger partial charge is 0.393 e. The van der Waals surface area contributed by atoms with Gasteiger partial charge < -0.3 is 14.6 Å². The van der Waals surface area contributed by atoms with E-state index in [1.807, 2.05) is 0 Å². The zero-order valence-electron chi connectivity index (χ0n) is 10.1. The molecule has 16 heavy (non-hydrogen) atoms. The molecule has 0 saturated carbocycles. The van der Waals surface area contributed by atoms with Crippen molar-refractivity contribution in [2.75, 3.05) is 13.2 Å². The van der Waals surface area contributed by atoms with Crippen LogP contribution in [0.5, 0.6) is 0 Å². The summed E-state index contributed by atoms with van der Waals surface area (Å²) in [6, 6.07) is 0. The zero-order chi connectivity index (χ0) is 11.2. The van der Waals surface area contributed by atoms with E-state index in [0.717, 1.165) is 51.7 Å². The molecule has 0 bridgehead atoms. The Bertz CT molecular complexity index is 184. The Hall–Kier alpha value is -0.120. The van der Waals surface area contributed by atoms with Gasteiger partial charge in [0.1, 0.15) is 0 Å². The van der Waals surface area contributed by atoms with E-state index in [4.69, 9.17) is 9.47 Å². The highest BCUT2D eigenvalue weighted by Crippen LogP contribution is 2.21. The van der Waals surface area contributed by atoms with Crippen molar-refractivity contribution < 1.29 is 14.6 Å². The van der Waals surface area contributed by atoms with Gasteiger partial charge in [-0.3, -0.25) is 0 Å². The van der Waals surface area contributed by atoms with Crippen molar-refractivity contribution in [3.05, 3.63) is 0 Å². The van der Waals surface area contributed by atoms with Gasteiger partial charge in [-0.25, -0.2) is 0 Å². The molecule has 3 heteroatoms. The number of aliphatic hydroxyl groups is 1. The Morgan fingerprint density at radius 3 is 2.38 bits per heavy atom. The van der Waals surface area contributed by atoms with Crippen LogP contribution in [-0.4, -0.2) is 36.6 Å². The number of rotatable bonds is 6. The summed E-state index contributed by atoms with van der Waals surface area (Å²) >= 11 is 0. The van der Waals surface area contributed by atoms with E-state index in [-0.39, 0.29) is 6.10 Å². The number of ether oxygens (including phenoxy) is 2. The third kappa shape index (κ3) is 4.04. The fourth-order valence-corrected chi connectivity index (χ4v) is 2.70. The molecule has 0 aromatic heterocycles. The average Bonchev–Trinajstić information content (AvgIpc) is 2.90. The van der Waals surface area contributed by atoms with Crippen LogP contribution in [0.1, 0.15) is 51.4 Å². The third-order valence-electron chi connectivity index (χ3n) is 3.65. The summed E-state index contributed by atoms with van der Waals surface area (Å²) in [5.41, 5.74) is 0. The third-order valence-corrected chi connectivity index (χ3v) is 3.65. The Morgan fingerprint density at radius 1 is 1.06 bits per heavy atom. The second-order valence-electron chi connectivity index (χ2n) is 5.09. The molecule has 2 aliphatic rings. The summed E-state index contributed by atoms with van der Waals surface area (Å²) in [5.74, 6) is 0. The van der Waals surface area contributed by atoms with Gasteiger partial charge in [-0.15, -0.1) is 0 Å². The minimum Gasteiger partial charge on any atom is -0.393 e. The predicted octanol–water partition coefficient (Wildman–Crippen LogP) is 2.27. The molecule has 2 fully saturated rings. The van der Waals surface area contributed by atoms with Gasteiger partial charge in [0.25, 0.3) is 0 Å². The molecule has 94 valence electrons. The van der Waals surface area contributed by atoms with Gasteiger partial charge >= 0.3 is 0 Å². The molecule has 0 amide bonds. The van der Waals surface area contributed by atoms with Crippen molar-refractivity contribution in [1.29, 1.82) is 0 Å². The Morgan fingerprint density at radius 2 is 1.75 bits per heavy atom. The summed E-state index contributed by atoms with van der Waals surface area (Å²) in [6.45, 7) is 1.82.